The van der Waals surface area contributed by atoms with Gasteiger partial charge in [0.1, 0.15) is 4.90 Å². The number of nitrogens with zero attached hydrogens (tertiary/aromatic N) is 3. The number of carbonyl (C=O) groups excluding carboxylic acids is 1. The van der Waals surface area contributed by atoms with E-state index in [1.165, 1.54) is 18.2 Å². The van der Waals surface area contributed by atoms with Crippen LogP contribution in [0.5, 0.6) is 0 Å². The van der Waals surface area contributed by atoms with Gasteiger partial charge in [0.05, 0.1) is 23.2 Å². The van der Waals surface area contributed by atoms with Gasteiger partial charge in [0.2, 0.25) is 0 Å². The van der Waals surface area contributed by atoms with Crippen molar-refractivity contribution in [3.05, 3.63) is 68.6 Å². The minimum Gasteiger partial charge on any atom is -0.307 e. The molecule has 10 heteroatoms. The smallest absolute Gasteiger partial charge is 0.285 e. The molecule has 0 saturated heterocycles. The predicted octanol–water partition coefficient (Wildman–Crippen LogP) is 0.601. The Bertz CT molecular complexity index is 1010. The molecule has 124 valence electrons. The van der Waals surface area contributed by atoms with Gasteiger partial charge in [0.25, 0.3) is 27.2 Å². The summed E-state index contributed by atoms with van der Waals surface area (Å²) in [4.78, 5) is 34.0. The average Bonchev–Trinajstić information content (AvgIpc) is 2.74. The van der Waals surface area contributed by atoms with Crippen LogP contribution >= 0.6 is 0 Å². The van der Waals surface area contributed by atoms with Crippen LogP contribution in [0.3, 0.4) is 0 Å². The summed E-state index contributed by atoms with van der Waals surface area (Å²) in [5.41, 5.74) is -0.750. The van der Waals surface area contributed by atoms with Crippen LogP contribution in [0.15, 0.2) is 52.3 Å². The number of hydrogen-bond acceptors (Lipinski definition) is 6. The van der Waals surface area contributed by atoms with Gasteiger partial charge in [-0.3, -0.25) is 19.7 Å². The lowest BCUT2D eigenvalue weighted by Gasteiger charge is -2.15. The molecule has 0 saturated carbocycles. The molecule has 0 fully saturated rings. The summed E-state index contributed by atoms with van der Waals surface area (Å²) in [5, 5.41) is 10.8. The molecule has 0 unspecified atom stereocenters. The van der Waals surface area contributed by atoms with E-state index in [9.17, 15) is 28.1 Å². The van der Waals surface area contributed by atoms with Crippen molar-refractivity contribution < 1.29 is 18.1 Å². The molecule has 0 aliphatic carbocycles. The molecular weight excluding hydrogens is 338 g/mol. The Kier molecular flexibility index (Phi) is 3.68. The fourth-order valence-electron chi connectivity index (χ4n) is 2.45. The van der Waals surface area contributed by atoms with E-state index in [4.69, 9.17) is 0 Å². The highest BCUT2D eigenvalue weighted by Crippen LogP contribution is 2.29. The average molecular weight is 349 g/mol. The normalized spacial score (nSPS) is 15.3. The van der Waals surface area contributed by atoms with Crippen molar-refractivity contribution in [3.8, 4) is 0 Å². The maximum atomic E-state index is 12.4. The van der Waals surface area contributed by atoms with Crippen molar-refractivity contribution in [2.75, 3.05) is 6.54 Å². The van der Waals surface area contributed by atoms with E-state index in [2.05, 4.69) is 0 Å². The van der Waals surface area contributed by atoms with Gasteiger partial charge in [-0.2, -0.15) is 0 Å². The van der Waals surface area contributed by atoms with Crippen molar-refractivity contribution in [3.63, 3.8) is 0 Å². The zero-order chi connectivity index (χ0) is 17.5. The topological polar surface area (TPSA) is 120 Å². The lowest BCUT2D eigenvalue weighted by atomic mass is 10.2. The Hall–Kier alpha value is -3.01. The Morgan fingerprint density at radius 3 is 2.42 bits per heavy atom. The van der Waals surface area contributed by atoms with Gasteiger partial charge in [0, 0.05) is 18.7 Å². The van der Waals surface area contributed by atoms with Crippen molar-refractivity contribution in [2.24, 2.45) is 0 Å². The molecule has 3 rings (SSSR count). The lowest BCUT2D eigenvalue weighted by Crippen LogP contribution is -2.35. The second-order valence-electron chi connectivity index (χ2n) is 5.05. The summed E-state index contributed by atoms with van der Waals surface area (Å²) >= 11 is 0. The summed E-state index contributed by atoms with van der Waals surface area (Å²) in [6.45, 7) is -0.476. The van der Waals surface area contributed by atoms with Crippen LogP contribution < -0.4 is 5.56 Å². The number of nitro groups is 1. The number of hydrogen-bond donors (Lipinski definition) is 0. The molecule has 1 amide bonds. The molecular formula is C14H11N3O6S. The fraction of sp³-hybridized carbons (Fsp3) is 0.143. The van der Waals surface area contributed by atoms with Gasteiger partial charge >= 0.3 is 0 Å². The summed E-state index contributed by atoms with van der Waals surface area (Å²) in [6, 6.07) is 7.90. The van der Waals surface area contributed by atoms with Crippen molar-refractivity contribution >= 4 is 21.6 Å². The van der Waals surface area contributed by atoms with Crippen molar-refractivity contribution in [1.29, 1.82) is 0 Å². The highest BCUT2D eigenvalue weighted by molar-refractivity contribution is 7.90. The quantitative estimate of drug-likeness (QED) is 0.589. The Labute approximate surface area is 136 Å². The van der Waals surface area contributed by atoms with Gasteiger partial charge < -0.3 is 4.57 Å². The molecule has 2 heterocycles. The number of pyridine rings is 1. The van der Waals surface area contributed by atoms with E-state index in [0.717, 1.165) is 22.9 Å². The second kappa shape index (κ2) is 5.57. The third kappa shape index (κ3) is 2.46. The number of benzene rings is 1. The van der Waals surface area contributed by atoms with E-state index in [1.807, 2.05) is 0 Å². The van der Waals surface area contributed by atoms with E-state index in [0.29, 0.717) is 4.31 Å². The first-order valence-electron chi connectivity index (χ1n) is 6.83. The van der Waals surface area contributed by atoms with Gasteiger partial charge in [-0.05, 0) is 12.1 Å². The first-order chi connectivity index (χ1) is 11.3. The number of fused-ring (bicyclic) bond motifs is 1. The molecule has 0 atom stereocenters. The first-order valence-corrected chi connectivity index (χ1v) is 8.27. The maximum Gasteiger partial charge on any atom is 0.285 e. The summed E-state index contributed by atoms with van der Waals surface area (Å²) in [5.74, 6) is -0.677. The molecule has 0 spiro atoms. The minimum absolute atomic E-state index is 0.0730. The van der Waals surface area contributed by atoms with Gasteiger partial charge in [-0.1, -0.05) is 12.1 Å². The number of carbonyl (C=O) groups is 1. The largest absolute Gasteiger partial charge is 0.307 e. The molecule has 24 heavy (non-hydrogen) atoms. The highest BCUT2D eigenvalue weighted by atomic mass is 32.2. The van der Waals surface area contributed by atoms with Gasteiger partial charge in [0.15, 0.2) is 0 Å². The Morgan fingerprint density at radius 1 is 1.04 bits per heavy atom. The van der Waals surface area contributed by atoms with Gasteiger partial charge in [-0.15, -0.1) is 0 Å². The third-order valence-electron chi connectivity index (χ3n) is 3.63. The second-order valence-corrected chi connectivity index (χ2v) is 6.89. The zero-order valence-electron chi connectivity index (χ0n) is 12.2. The molecule has 1 aliphatic heterocycles. The predicted molar refractivity (Wildman–Crippen MR) is 82.0 cm³/mol. The van der Waals surface area contributed by atoms with E-state index >= 15 is 0 Å². The van der Waals surface area contributed by atoms with Gasteiger partial charge in [-0.25, -0.2) is 12.7 Å². The van der Waals surface area contributed by atoms with Crippen molar-refractivity contribution in [2.45, 2.75) is 11.4 Å². The van der Waals surface area contributed by atoms with Crippen LogP contribution in [0, 0.1) is 10.1 Å². The zero-order valence-corrected chi connectivity index (χ0v) is 13.0. The molecule has 0 radical (unpaired) electrons. The van der Waals surface area contributed by atoms with E-state index < -0.39 is 26.4 Å². The molecule has 0 N–H and O–H groups in total. The SMILES string of the molecule is O=C1c2ccccc2S(=O)(=O)N1CCn1cc([N+](=O)[O-])ccc1=O. The number of aromatic nitrogens is 1. The molecule has 2 aromatic rings. The molecule has 1 aromatic heterocycles. The minimum atomic E-state index is -3.97. The van der Waals surface area contributed by atoms with Crippen LogP contribution in [0.4, 0.5) is 5.69 Å². The van der Waals surface area contributed by atoms with Crippen LogP contribution in [0.2, 0.25) is 0 Å². The van der Waals surface area contributed by atoms with E-state index in [-0.39, 0.29) is 29.2 Å². The monoisotopic (exact) mass is 349 g/mol. The summed E-state index contributed by atoms with van der Waals surface area (Å²) in [6.07, 6.45) is 1.02. The number of rotatable bonds is 4. The van der Waals surface area contributed by atoms with Crippen LogP contribution in [0.1, 0.15) is 10.4 Å². The molecule has 9 nitrogen and oxygen atoms in total. The molecule has 0 bridgehead atoms. The summed E-state index contributed by atoms with van der Waals surface area (Å²) < 4.78 is 26.4. The number of sulfonamides is 1. The van der Waals surface area contributed by atoms with Crippen LogP contribution in [-0.4, -0.2) is 34.7 Å². The van der Waals surface area contributed by atoms with Crippen LogP contribution in [-0.2, 0) is 16.6 Å². The van der Waals surface area contributed by atoms with E-state index in [1.54, 1.807) is 6.07 Å². The Balaban J connectivity index is 1.89. The van der Waals surface area contributed by atoms with Crippen molar-refractivity contribution in [1.82, 2.24) is 8.87 Å². The third-order valence-corrected chi connectivity index (χ3v) is 5.48. The van der Waals surface area contributed by atoms with Crippen LogP contribution in [0.25, 0.3) is 0 Å². The highest BCUT2D eigenvalue weighted by Gasteiger charge is 2.40. The molecule has 1 aromatic carbocycles. The first kappa shape index (κ1) is 15.9. The standard InChI is InChI=1S/C14H11N3O6S/c18-13-6-5-10(17(20)21)9-15(13)7-8-16-14(19)11-3-1-2-4-12(11)24(16,22)23/h1-6,9H,7-8H2. The molecule has 1 aliphatic rings. The lowest BCUT2D eigenvalue weighted by molar-refractivity contribution is -0.385. The number of amides is 1. The fourth-order valence-corrected chi connectivity index (χ4v) is 4.01. The summed E-state index contributed by atoms with van der Waals surface area (Å²) in [7, 11) is -3.97. The maximum absolute atomic E-state index is 12.4. The Morgan fingerprint density at radius 2 is 1.75 bits per heavy atom.